The van der Waals surface area contributed by atoms with Crippen molar-refractivity contribution in [3.05, 3.63) is 41.8 Å². The van der Waals surface area contributed by atoms with Gasteiger partial charge in [-0.05, 0) is 31.0 Å². The first-order chi connectivity index (χ1) is 13.2. The van der Waals surface area contributed by atoms with Gasteiger partial charge in [0.05, 0.1) is 17.2 Å². The number of hydrogen-bond acceptors (Lipinski definition) is 8. The van der Waals surface area contributed by atoms with Gasteiger partial charge >= 0.3 is 0 Å². The van der Waals surface area contributed by atoms with Crippen molar-refractivity contribution in [1.82, 2.24) is 29.9 Å². The predicted molar refractivity (Wildman–Crippen MR) is 103 cm³/mol. The predicted octanol–water partition coefficient (Wildman–Crippen LogP) is 3.48. The second-order valence-electron chi connectivity index (χ2n) is 6.43. The van der Waals surface area contributed by atoms with Crippen molar-refractivity contribution in [2.75, 3.05) is 11.9 Å². The molecule has 4 aromatic heterocycles. The van der Waals surface area contributed by atoms with E-state index in [4.69, 9.17) is 4.74 Å². The van der Waals surface area contributed by atoms with Crippen LogP contribution in [0, 0.1) is 0 Å². The highest BCUT2D eigenvalue weighted by Gasteiger charge is 2.22. The number of nitrogens with zero attached hydrogens (tertiary/aromatic N) is 6. The minimum Gasteiger partial charge on any atom is -0.371 e. The summed E-state index contributed by atoms with van der Waals surface area (Å²) in [5, 5.41) is 17.5. The van der Waals surface area contributed by atoms with Crippen molar-refractivity contribution in [1.29, 1.82) is 0 Å². The minimum absolute atomic E-state index is 0.0776. The molecule has 1 aliphatic heterocycles. The molecule has 9 heteroatoms. The Bertz CT molecular complexity index is 1100. The largest absolute Gasteiger partial charge is 0.371 e. The molecule has 5 heterocycles. The average Bonchev–Trinajstić information content (AvgIpc) is 3.42. The van der Waals surface area contributed by atoms with E-state index in [2.05, 4.69) is 30.6 Å². The summed E-state index contributed by atoms with van der Waals surface area (Å²) >= 11 is 1.51. The molecule has 0 aliphatic carbocycles. The molecular formula is C18H17N7OS. The molecule has 5 rings (SSSR count). The van der Waals surface area contributed by atoms with E-state index in [1.807, 2.05) is 43.8 Å². The second kappa shape index (κ2) is 6.67. The van der Waals surface area contributed by atoms with Crippen LogP contribution in [0.15, 0.2) is 36.8 Å². The SMILES string of the molecule is Cn1cc(-c2cnc3ccc(Nc4nnc([C@@H]5CCCO5)s4)nc3c2)cn1. The van der Waals surface area contributed by atoms with Crippen molar-refractivity contribution in [2.45, 2.75) is 18.9 Å². The molecule has 1 saturated heterocycles. The normalized spacial score (nSPS) is 16.9. The molecule has 0 unspecified atom stereocenters. The van der Waals surface area contributed by atoms with E-state index in [0.29, 0.717) is 10.9 Å². The van der Waals surface area contributed by atoms with Crippen LogP contribution >= 0.6 is 11.3 Å². The molecule has 0 aromatic carbocycles. The fourth-order valence-electron chi connectivity index (χ4n) is 3.10. The van der Waals surface area contributed by atoms with Crippen LogP contribution < -0.4 is 5.32 Å². The van der Waals surface area contributed by atoms with Crippen molar-refractivity contribution in [3.63, 3.8) is 0 Å². The maximum Gasteiger partial charge on any atom is 0.211 e. The van der Waals surface area contributed by atoms with Gasteiger partial charge in [-0.25, -0.2) is 4.98 Å². The van der Waals surface area contributed by atoms with Gasteiger partial charge in [-0.3, -0.25) is 9.67 Å². The highest BCUT2D eigenvalue weighted by atomic mass is 32.1. The molecule has 136 valence electrons. The van der Waals surface area contributed by atoms with E-state index < -0.39 is 0 Å². The van der Waals surface area contributed by atoms with Gasteiger partial charge in [-0.1, -0.05) is 11.3 Å². The zero-order chi connectivity index (χ0) is 18.2. The van der Waals surface area contributed by atoms with Crippen LogP contribution in [-0.2, 0) is 11.8 Å². The van der Waals surface area contributed by atoms with E-state index in [1.54, 1.807) is 4.68 Å². The first-order valence-corrected chi connectivity index (χ1v) is 9.54. The summed E-state index contributed by atoms with van der Waals surface area (Å²) in [5.41, 5.74) is 3.64. The van der Waals surface area contributed by atoms with Crippen LogP contribution in [0.3, 0.4) is 0 Å². The first kappa shape index (κ1) is 16.3. The van der Waals surface area contributed by atoms with E-state index in [9.17, 15) is 0 Å². The van der Waals surface area contributed by atoms with Gasteiger partial charge in [0.15, 0.2) is 0 Å². The summed E-state index contributed by atoms with van der Waals surface area (Å²) in [4.78, 5) is 9.18. The Morgan fingerprint density at radius 1 is 1.19 bits per heavy atom. The summed E-state index contributed by atoms with van der Waals surface area (Å²) < 4.78 is 7.44. The third kappa shape index (κ3) is 3.26. The van der Waals surface area contributed by atoms with Crippen molar-refractivity contribution >= 4 is 33.3 Å². The van der Waals surface area contributed by atoms with Crippen LogP contribution in [0.1, 0.15) is 24.0 Å². The lowest BCUT2D eigenvalue weighted by molar-refractivity contribution is 0.111. The van der Waals surface area contributed by atoms with Crippen LogP contribution in [-0.4, -0.2) is 36.6 Å². The lowest BCUT2D eigenvalue weighted by Gasteiger charge is -2.05. The molecular weight excluding hydrogens is 362 g/mol. The Morgan fingerprint density at radius 3 is 2.96 bits per heavy atom. The summed E-state index contributed by atoms with van der Waals surface area (Å²) in [6.45, 7) is 0.797. The van der Waals surface area contributed by atoms with Gasteiger partial charge in [0.1, 0.15) is 16.9 Å². The molecule has 4 aromatic rings. The van der Waals surface area contributed by atoms with E-state index in [-0.39, 0.29) is 6.10 Å². The van der Waals surface area contributed by atoms with Crippen molar-refractivity contribution in [3.8, 4) is 11.1 Å². The number of ether oxygens (including phenoxy) is 1. The zero-order valence-corrected chi connectivity index (χ0v) is 15.5. The summed E-state index contributed by atoms with van der Waals surface area (Å²) in [5.74, 6) is 0.711. The number of hydrogen-bond donors (Lipinski definition) is 1. The number of anilines is 2. The maximum atomic E-state index is 5.67. The number of rotatable bonds is 4. The molecule has 1 aliphatic rings. The average molecular weight is 379 g/mol. The highest BCUT2D eigenvalue weighted by molar-refractivity contribution is 7.15. The number of aromatic nitrogens is 6. The Kier molecular flexibility index (Phi) is 4.02. The van der Waals surface area contributed by atoms with Gasteiger partial charge in [0, 0.05) is 37.2 Å². The molecule has 27 heavy (non-hydrogen) atoms. The third-order valence-electron chi connectivity index (χ3n) is 4.46. The Balaban J connectivity index is 1.41. The van der Waals surface area contributed by atoms with Crippen LogP contribution in [0.2, 0.25) is 0 Å². The van der Waals surface area contributed by atoms with Crippen LogP contribution in [0.25, 0.3) is 22.2 Å². The van der Waals surface area contributed by atoms with E-state index in [1.165, 1.54) is 11.3 Å². The molecule has 0 saturated carbocycles. The quantitative estimate of drug-likeness (QED) is 0.580. The summed E-state index contributed by atoms with van der Waals surface area (Å²) in [6.07, 6.45) is 7.77. The first-order valence-electron chi connectivity index (χ1n) is 8.72. The molecule has 1 N–H and O–H groups in total. The molecule has 0 amide bonds. The lowest BCUT2D eigenvalue weighted by Crippen LogP contribution is -1.94. The molecule has 0 radical (unpaired) electrons. The fourth-order valence-corrected chi connectivity index (χ4v) is 3.94. The number of nitrogens with one attached hydrogen (secondary N) is 1. The monoisotopic (exact) mass is 379 g/mol. The standard InChI is InChI=1S/C18H17N7OS/c1-25-10-12(9-20-25)11-7-14-13(19-8-11)4-5-16(21-14)22-18-24-23-17(27-18)15-3-2-6-26-15/h4-5,7-10,15H,2-3,6H2,1H3,(H,21,22,24)/t15-/m0/s1. The number of aryl methyl sites for hydroxylation is 1. The van der Waals surface area contributed by atoms with Crippen molar-refractivity contribution in [2.24, 2.45) is 7.05 Å². The van der Waals surface area contributed by atoms with Gasteiger partial charge < -0.3 is 10.1 Å². The topological polar surface area (TPSA) is 90.6 Å². The van der Waals surface area contributed by atoms with Gasteiger partial charge in [-0.2, -0.15) is 5.10 Å². The number of pyridine rings is 2. The maximum absolute atomic E-state index is 5.67. The molecule has 1 atom stereocenters. The molecule has 1 fully saturated rings. The van der Waals surface area contributed by atoms with Crippen LogP contribution in [0.4, 0.5) is 10.9 Å². The summed E-state index contributed by atoms with van der Waals surface area (Å²) in [7, 11) is 1.89. The van der Waals surface area contributed by atoms with Gasteiger partial charge in [0.25, 0.3) is 0 Å². The van der Waals surface area contributed by atoms with Gasteiger partial charge in [0.2, 0.25) is 5.13 Å². The van der Waals surface area contributed by atoms with Crippen LogP contribution in [0.5, 0.6) is 0 Å². The zero-order valence-electron chi connectivity index (χ0n) is 14.7. The lowest BCUT2D eigenvalue weighted by atomic mass is 10.1. The number of fused-ring (bicyclic) bond motifs is 1. The van der Waals surface area contributed by atoms with Gasteiger partial charge in [-0.15, -0.1) is 10.2 Å². The Labute approximate surface area is 159 Å². The van der Waals surface area contributed by atoms with E-state index in [0.717, 1.165) is 46.6 Å². The Morgan fingerprint density at radius 2 is 2.15 bits per heavy atom. The summed E-state index contributed by atoms with van der Waals surface area (Å²) in [6, 6.07) is 5.86. The Hall–Kier alpha value is -2.91. The third-order valence-corrected chi connectivity index (χ3v) is 5.39. The smallest absolute Gasteiger partial charge is 0.211 e. The van der Waals surface area contributed by atoms with E-state index >= 15 is 0 Å². The van der Waals surface area contributed by atoms with Crippen molar-refractivity contribution < 1.29 is 4.74 Å². The molecule has 0 spiro atoms. The second-order valence-corrected chi connectivity index (χ2v) is 7.44. The fraction of sp³-hybridized carbons (Fsp3) is 0.278. The molecule has 8 nitrogen and oxygen atoms in total. The highest BCUT2D eigenvalue weighted by Crippen LogP contribution is 2.32. The molecule has 0 bridgehead atoms. The minimum atomic E-state index is 0.0776.